The molecule has 0 spiro atoms. The number of likely N-dealkylation sites (tertiary alicyclic amines) is 1. The molecular formula is C9H18FN. The van der Waals surface area contributed by atoms with Gasteiger partial charge in [-0.15, -0.1) is 0 Å². The zero-order chi connectivity index (χ0) is 8.48. The second-order valence-electron chi connectivity index (χ2n) is 4.36. The summed E-state index contributed by atoms with van der Waals surface area (Å²) >= 11 is 0. The lowest BCUT2D eigenvalue weighted by Crippen LogP contribution is -2.47. The Balaban J connectivity index is 2.46. The number of hydrogen-bond donors (Lipinski definition) is 0. The van der Waals surface area contributed by atoms with Gasteiger partial charge < -0.3 is 0 Å². The van der Waals surface area contributed by atoms with Gasteiger partial charge in [-0.05, 0) is 40.2 Å². The maximum Gasteiger partial charge on any atom is 0.113 e. The highest BCUT2D eigenvalue weighted by molar-refractivity contribution is 4.82. The Bertz CT molecular complexity index is 128. The van der Waals surface area contributed by atoms with Gasteiger partial charge in [0.15, 0.2) is 0 Å². The van der Waals surface area contributed by atoms with Crippen molar-refractivity contribution in [2.45, 2.75) is 45.3 Å². The van der Waals surface area contributed by atoms with E-state index in [9.17, 15) is 4.39 Å². The minimum atomic E-state index is -0.594. The van der Waals surface area contributed by atoms with E-state index in [1.54, 1.807) is 0 Å². The molecule has 0 aliphatic carbocycles. The second kappa shape index (κ2) is 3.10. The van der Waals surface area contributed by atoms with Crippen LogP contribution in [0.25, 0.3) is 0 Å². The molecule has 1 unspecified atom stereocenters. The van der Waals surface area contributed by atoms with Crippen LogP contribution in [0, 0.1) is 0 Å². The quantitative estimate of drug-likeness (QED) is 0.524. The van der Waals surface area contributed by atoms with Crippen molar-refractivity contribution in [2.75, 3.05) is 13.1 Å². The van der Waals surface area contributed by atoms with Crippen molar-refractivity contribution in [2.24, 2.45) is 0 Å². The fourth-order valence-electron chi connectivity index (χ4n) is 1.53. The minimum Gasteiger partial charge on any atom is -0.296 e. The van der Waals surface area contributed by atoms with Crippen LogP contribution in [0.3, 0.4) is 0 Å². The van der Waals surface area contributed by atoms with Gasteiger partial charge in [-0.2, -0.15) is 0 Å². The third-order valence-corrected chi connectivity index (χ3v) is 2.31. The summed E-state index contributed by atoms with van der Waals surface area (Å²) in [5.41, 5.74) is 0.144. The van der Waals surface area contributed by atoms with Gasteiger partial charge >= 0.3 is 0 Å². The highest BCUT2D eigenvalue weighted by Crippen LogP contribution is 2.21. The molecule has 1 nitrogen and oxygen atoms in total. The minimum absolute atomic E-state index is 0.144. The van der Waals surface area contributed by atoms with Crippen molar-refractivity contribution in [1.29, 1.82) is 0 Å². The van der Waals surface area contributed by atoms with Crippen LogP contribution in [0.5, 0.6) is 0 Å². The maximum absolute atomic E-state index is 12.9. The van der Waals surface area contributed by atoms with Crippen molar-refractivity contribution in [1.82, 2.24) is 4.90 Å². The fraction of sp³-hybridized carbons (Fsp3) is 1.00. The van der Waals surface area contributed by atoms with Crippen molar-refractivity contribution in [3.63, 3.8) is 0 Å². The summed E-state index contributed by atoms with van der Waals surface area (Å²) in [6.07, 6.45) is 1.17. The zero-order valence-corrected chi connectivity index (χ0v) is 7.73. The van der Waals surface area contributed by atoms with Gasteiger partial charge in [0.1, 0.15) is 6.17 Å². The molecule has 0 saturated carbocycles. The lowest BCUT2D eigenvalue weighted by molar-refractivity contribution is 0.0625. The molecule has 1 fully saturated rings. The highest BCUT2D eigenvalue weighted by atomic mass is 19.1. The first kappa shape index (κ1) is 8.98. The normalized spacial score (nSPS) is 28.9. The van der Waals surface area contributed by atoms with Gasteiger partial charge in [0, 0.05) is 12.1 Å². The van der Waals surface area contributed by atoms with E-state index >= 15 is 0 Å². The number of hydrogen-bond acceptors (Lipinski definition) is 1. The number of nitrogens with zero attached hydrogens (tertiary/aromatic N) is 1. The molecule has 1 aliphatic rings. The molecule has 0 bridgehead atoms. The van der Waals surface area contributed by atoms with E-state index in [1.807, 2.05) is 0 Å². The number of halogens is 1. The summed E-state index contributed by atoms with van der Waals surface area (Å²) in [5, 5.41) is 0. The van der Waals surface area contributed by atoms with E-state index in [1.165, 1.54) is 0 Å². The van der Waals surface area contributed by atoms with Gasteiger partial charge in [0.25, 0.3) is 0 Å². The molecule has 1 rings (SSSR count). The molecule has 2 heteroatoms. The first-order valence-corrected chi connectivity index (χ1v) is 4.39. The molecule has 11 heavy (non-hydrogen) atoms. The Kier molecular flexibility index (Phi) is 2.53. The van der Waals surface area contributed by atoms with Crippen LogP contribution in [-0.4, -0.2) is 29.7 Å². The zero-order valence-electron chi connectivity index (χ0n) is 7.73. The van der Waals surface area contributed by atoms with Crippen LogP contribution in [0.4, 0.5) is 4.39 Å². The molecule has 0 aromatic heterocycles. The Morgan fingerprint density at radius 2 is 2.00 bits per heavy atom. The number of alkyl halides is 1. The Hall–Kier alpha value is -0.110. The number of piperidine rings is 1. The van der Waals surface area contributed by atoms with Crippen LogP contribution in [0.15, 0.2) is 0 Å². The monoisotopic (exact) mass is 159 g/mol. The lowest BCUT2D eigenvalue weighted by atomic mass is 10.0. The predicted octanol–water partition coefficient (Wildman–Crippen LogP) is 2.22. The molecule has 66 valence electrons. The molecule has 0 radical (unpaired) electrons. The third kappa shape index (κ3) is 2.44. The molecule has 0 amide bonds. The molecule has 0 N–H and O–H groups in total. The van der Waals surface area contributed by atoms with E-state index < -0.39 is 6.17 Å². The lowest BCUT2D eigenvalue weighted by Gasteiger charge is -2.39. The molecule has 0 aromatic carbocycles. The summed E-state index contributed by atoms with van der Waals surface area (Å²) in [4.78, 5) is 2.22. The van der Waals surface area contributed by atoms with Gasteiger partial charge in [0.2, 0.25) is 0 Å². The van der Waals surface area contributed by atoms with Crippen molar-refractivity contribution in [3.05, 3.63) is 0 Å². The van der Waals surface area contributed by atoms with Crippen LogP contribution < -0.4 is 0 Å². The second-order valence-corrected chi connectivity index (χ2v) is 4.36. The largest absolute Gasteiger partial charge is 0.296 e. The highest BCUT2D eigenvalue weighted by Gasteiger charge is 2.27. The fourth-order valence-corrected chi connectivity index (χ4v) is 1.53. The molecule has 1 atom stereocenters. The topological polar surface area (TPSA) is 3.24 Å². The Morgan fingerprint density at radius 3 is 2.36 bits per heavy atom. The smallest absolute Gasteiger partial charge is 0.113 e. The molecular weight excluding hydrogens is 141 g/mol. The van der Waals surface area contributed by atoms with Gasteiger partial charge in [-0.25, -0.2) is 4.39 Å². The van der Waals surface area contributed by atoms with E-state index in [-0.39, 0.29) is 5.54 Å². The maximum atomic E-state index is 12.9. The van der Waals surface area contributed by atoms with Crippen molar-refractivity contribution >= 4 is 0 Å². The predicted molar refractivity (Wildman–Crippen MR) is 45.5 cm³/mol. The summed E-state index contributed by atoms with van der Waals surface area (Å²) in [5.74, 6) is 0. The summed E-state index contributed by atoms with van der Waals surface area (Å²) in [7, 11) is 0. The van der Waals surface area contributed by atoms with Crippen LogP contribution in [-0.2, 0) is 0 Å². The Labute approximate surface area is 68.6 Å². The summed E-state index contributed by atoms with van der Waals surface area (Å²) in [6.45, 7) is 8.12. The summed E-state index contributed by atoms with van der Waals surface area (Å²) < 4.78 is 12.9. The Morgan fingerprint density at radius 1 is 1.36 bits per heavy atom. The van der Waals surface area contributed by atoms with Gasteiger partial charge in [-0.1, -0.05) is 0 Å². The van der Waals surface area contributed by atoms with Crippen LogP contribution in [0.1, 0.15) is 33.6 Å². The molecule has 1 heterocycles. The van der Waals surface area contributed by atoms with E-state index in [4.69, 9.17) is 0 Å². The molecule has 1 aliphatic heterocycles. The van der Waals surface area contributed by atoms with E-state index in [0.29, 0.717) is 6.54 Å². The SMILES string of the molecule is CC(C)(C)N1CCCC(F)C1. The average molecular weight is 159 g/mol. The van der Waals surface area contributed by atoms with Crippen molar-refractivity contribution < 1.29 is 4.39 Å². The van der Waals surface area contributed by atoms with Crippen LogP contribution >= 0.6 is 0 Å². The molecule has 0 aromatic rings. The standard InChI is InChI=1S/C9H18FN/c1-9(2,3)11-6-4-5-8(10)7-11/h8H,4-7H2,1-3H3. The van der Waals surface area contributed by atoms with Crippen molar-refractivity contribution in [3.8, 4) is 0 Å². The first-order valence-electron chi connectivity index (χ1n) is 4.39. The van der Waals surface area contributed by atoms with Gasteiger partial charge in [-0.3, -0.25) is 4.90 Å². The average Bonchev–Trinajstić information content (AvgIpc) is 1.86. The van der Waals surface area contributed by atoms with E-state index in [0.717, 1.165) is 19.4 Å². The first-order chi connectivity index (χ1) is 5.00. The van der Waals surface area contributed by atoms with Gasteiger partial charge in [0.05, 0.1) is 0 Å². The third-order valence-electron chi connectivity index (χ3n) is 2.31. The van der Waals surface area contributed by atoms with Crippen LogP contribution in [0.2, 0.25) is 0 Å². The number of rotatable bonds is 0. The molecule has 1 saturated heterocycles. The van der Waals surface area contributed by atoms with E-state index in [2.05, 4.69) is 25.7 Å². The summed E-state index contributed by atoms with van der Waals surface area (Å²) in [6, 6.07) is 0.